The molecule has 1 fully saturated rings. The lowest BCUT2D eigenvalue weighted by atomic mass is 10.1. The summed E-state index contributed by atoms with van der Waals surface area (Å²) >= 11 is 6.79. The molecule has 1 N–H and O–H groups in total. The van der Waals surface area contributed by atoms with Crippen LogP contribution in [-0.4, -0.2) is 71.4 Å². The Labute approximate surface area is 215 Å². The third-order valence-electron chi connectivity index (χ3n) is 5.54. The smallest absolute Gasteiger partial charge is 0.342 e. The Morgan fingerprint density at radius 3 is 2.64 bits per heavy atom. The van der Waals surface area contributed by atoms with Crippen molar-refractivity contribution in [1.29, 1.82) is 0 Å². The number of ether oxygens (including phenoxy) is 1. The monoisotopic (exact) mass is 531 g/mol. The zero-order valence-corrected chi connectivity index (χ0v) is 21.0. The molecule has 0 radical (unpaired) electrons. The maximum atomic E-state index is 11.9. The average molecular weight is 532 g/mol. The number of aliphatic carboxylic acids is 1. The van der Waals surface area contributed by atoms with Gasteiger partial charge in [0.05, 0.1) is 17.6 Å². The Hall–Kier alpha value is -3.61. The highest BCUT2D eigenvalue weighted by atomic mass is 35.5. The number of hydrogen-bond donors (Lipinski definition) is 1. The predicted octanol–water partition coefficient (Wildman–Crippen LogP) is 4.28. The highest BCUT2D eigenvalue weighted by Crippen LogP contribution is 2.36. The zero-order chi connectivity index (χ0) is 25.8. The van der Waals surface area contributed by atoms with Gasteiger partial charge in [0.2, 0.25) is 0 Å². The van der Waals surface area contributed by atoms with Crippen LogP contribution in [0.2, 0.25) is 5.02 Å². The molecule has 1 aliphatic rings. The van der Waals surface area contributed by atoms with Gasteiger partial charge in [0, 0.05) is 37.3 Å². The van der Waals surface area contributed by atoms with Crippen LogP contribution in [0, 0.1) is 10.1 Å². The number of thioether (sulfide) groups is 1. The quantitative estimate of drug-likeness (QED) is 0.193. The molecule has 1 saturated heterocycles. The summed E-state index contributed by atoms with van der Waals surface area (Å²) in [6.45, 7) is 2.93. The molecule has 0 saturated carbocycles. The summed E-state index contributed by atoms with van der Waals surface area (Å²) in [6, 6.07) is 9.56. The summed E-state index contributed by atoms with van der Waals surface area (Å²) in [7, 11) is 3.49. The Balaban J connectivity index is 1.60. The molecule has 0 spiro atoms. The highest BCUT2D eigenvalue weighted by Gasteiger charge is 2.24. The second kappa shape index (κ2) is 11.0. The maximum absolute atomic E-state index is 11.9. The van der Waals surface area contributed by atoms with E-state index >= 15 is 0 Å². The van der Waals surface area contributed by atoms with Gasteiger partial charge in [0.1, 0.15) is 16.3 Å². The van der Waals surface area contributed by atoms with Crippen LogP contribution in [0.15, 0.2) is 50.9 Å². The van der Waals surface area contributed by atoms with Gasteiger partial charge in [-0.15, -0.1) is 10.2 Å². The van der Waals surface area contributed by atoms with Crippen molar-refractivity contribution in [2.45, 2.75) is 5.22 Å². The first-order valence-corrected chi connectivity index (χ1v) is 12.0. The van der Waals surface area contributed by atoms with E-state index in [2.05, 4.69) is 15.1 Å². The van der Waals surface area contributed by atoms with Crippen LogP contribution < -0.4 is 9.64 Å². The molecule has 1 aromatic heterocycles. The van der Waals surface area contributed by atoms with Gasteiger partial charge in [0.15, 0.2) is 0 Å². The number of aromatic nitrogens is 2. The number of nitro groups is 1. The van der Waals surface area contributed by atoms with Gasteiger partial charge in [-0.2, -0.15) is 0 Å². The van der Waals surface area contributed by atoms with Crippen molar-refractivity contribution in [2.75, 3.05) is 45.2 Å². The molecule has 188 valence electrons. The van der Waals surface area contributed by atoms with Gasteiger partial charge in [-0.1, -0.05) is 17.7 Å². The first-order valence-electron chi connectivity index (χ1n) is 10.8. The van der Waals surface area contributed by atoms with Crippen molar-refractivity contribution in [1.82, 2.24) is 15.1 Å². The van der Waals surface area contributed by atoms with Gasteiger partial charge in [-0.05, 0) is 54.7 Å². The number of hydrogen-bond acceptors (Lipinski definition) is 10. The Kier molecular flexibility index (Phi) is 7.77. The van der Waals surface area contributed by atoms with Crippen LogP contribution in [0.3, 0.4) is 0 Å². The Morgan fingerprint density at radius 2 is 1.97 bits per heavy atom. The first-order chi connectivity index (χ1) is 17.2. The number of nitro benzene ring substituents is 1. The van der Waals surface area contributed by atoms with Crippen LogP contribution >= 0.6 is 23.4 Å². The fraction of sp³-hybridized carbons (Fsp3) is 0.261. The van der Waals surface area contributed by atoms with Crippen molar-refractivity contribution in [3.8, 4) is 17.2 Å². The first kappa shape index (κ1) is 25.5. The Bertz CT molecular complexity index is 1320. The van der Waals surface area contributed by atoms with Crippen molar-refractivity contribution >= 4 is 46.8 Å². The van der Waals surface area contributed by atoms with Crippen LogP contribution in [0.1, 0.15) is 5.56 Å². The fourth-order valence-corrected chi connectivity index (χ4v) is 4.52. The number of nitrogens with zero attached hydrogens (tertiary/aromatic N) is 5. The van der Waals surface area contributed by atoms with E-state index in [4.69, 9.17) is 20.8 Å². The minimum atomic E-state index is -1.24. The number of benzene rings is 2. The number of halogens is 1. The van der Waals surface area contributed by atoms with Crippen molar-refractivity contribution in [3.05, 3.63) is 62.0 Å². The molecule has 36 heavy (non-hydrogen) atoms. The van der Waals surface area contributed by atoms with Crippen molar-refractivity contribution in [2.24, 2.45) is 0 Å². The van der Waals surface area contributed by atoms with E-state index in [1.165, 1.54) is 19.3 Å². The van der Waals surface area contributed by atoms with E-state index in [1.54, 1.807) is 30.3 Å². The average Bonchev–Trinajstić information content (AvgIpc) is 3.32. The lowest BCUT2D eigenvalue weighted by Crippen LogP contribution is -2.44. The number of carboxylic acids is 1. The van der Waals surface area contributed by atoms with Crippen molar-refractivity contribution in [3.63, 3.8) is 0 Å². The number of methoxy groups -OCH3 is 1. The third-order valence-corrected chi connectivity index (χ3v) is 6.63. The lowest BCUT2D eigenvalue weighted by molar-refractivity contribution is -0.384. The summed E-state index contributed by atoms with van der Waals surface area (Å²) in [5.74, 6) is -0.680. The van der Waals surface area contributed by atoms with Gasteiger partial charge in [-0.3, -0.25) is 10.1 Å². The molecule has 3 aromatic rings. The van der Waals surface area contributed by atoms with Gasteiger partial charge in [0.25, 0.3) is 16.8 Å². The van der Waals surface area contributed by atoms with E-state index in [9.17, 15) is 20.0 Å². The second-order valence-corrected chi connectivity index (χ2v) is 9.36. The minimum absolute atomic E-state index is 0.0239. The molecule has 1 aliphatic heterocycles. The van der Waals surface area contributed by atoms with Crippen LogP contribution in [0.4, 0.5) is 11.4 Å². The fourth-order valence-electron chi connectivity index (χ4n) is 3.68. The van der Waals surface area contributed by atoms with Crippen molar-refractivity contribution < 1.29 is 24.0 Å². The van der Waals surface area contributed by atoms with Crippen LogP contribution in [0.5, 0.6) is 5.75 Å². The molecular weight excluding hydrogens is 510 g/mol. The molecule has 0 unspecified atom stereocenters. The highest BCUT2D eigenvalue weighted by molar-refractivity contribution is 8.03. The molecular formula is C23H22ClN5O6S. The predicted molar refractivity (Wildman–Crippen MR) is 136 cm³/mol. The van der Waals surface area contributed by atoms with Crippen LogP contribution in [-0.2, 0) is 4.79 Å². The number of rotatable bonds is 8. The van der Waals surface area contributed by atoms with E-state index in [0.717, 1.165) is 24.9 Å². The summed E-state index contributed by atoms with van der Waals surface area (Å²) < 4.78 is 10.9. The largest absolute Gasteiger partial charge is 0.496 e. The normalized spacial score (nSPS) is 14.6. The number of piperazine rings is 1. The van der Waals surface area contributed by atoms with E-state index < -0.39 is 10.9 Å². The summed E-state index contributed by atoms with van der Waals surface area (Å²) in [6.07, 6.45) is 1.33. The Morgan fingerprint density at radius 1 is 1.22 bits per heavy atom. The molecule has 0 amide bonds. The van der Waals surface area contributed by atoms with Gasteiger partial charge in [-0.25, -0.2) is 4.79 Å². The maximum Gasteiger partial charge on any atom is 0.342 e. The van der Waals surface area contributed by atoms with E-state index in [0.29, 0.717) is 40.7 Å². The number of anilines is 1. The third kappa shape index (κ3) is 5.78. The molecule has 4 rings (SSSR count). The molecule has 2 heterocycles. The summed E-state index contributed by atoms with van der Waals surface area (Å²) in [4.78, 5) is 27.2. The minimum Gasteiger partial charge on any atom is -0.496 e. The molecule has 13 heteroatoms. The molecule has 0 atom stereocenters. The topological polar surface area (TPSA) is 135 Å². The standard InChI is InChI=1S/C23H22ClN5O6S/c1-27-7-9-28(10-8-27)17-5-3-14(11-18(17)29(32)33)12-20(22(30)31)36-23-26-25-21(35-23)16-13-15(24)4-6-19(16)34-2/h3-6,11-13H,7-10H2,1-2H3,(H,30,31)/b20-12+. The SMILES string of the molecule is COc1ccc(Cl)cc1-c1nnc(S/C(=C/c2ccc(N3CCN(C)CC3)c([N+](=O)[O-])c2)C(=O)O)o1. The zero-order valence-electron chi connectivity index (χ0n) is 19.4. The van der Waals surface area contributed by atoms with Crippen LogP contribution in [0.25, 0.3) is 17.5 Å². The van der Waals surface area contributed by atoms with Gasteiger partial charge >= 0.3 is 5.97 Å². The number of carboxylic acid groups (broad SMARTS) is 1. The summed E-state index contributed by atoms with van der Waals surface area (Å²) in [5, 5.41) is 29.8. The molecule has 0 aliphatic carbocycles. The number of likely N-dealkylation sites (N-methyl/N-ethyl adjacent to an activating group) is 1. The summed E-state index contributed by atoms with van der Waals surface area (Å²) in [5.41, 5.74) is 1.24. The lowest BCUT2D eigenvalue weighted by Gasteiger charge is -2.33. The van der Waals surface area contributed by atoms with Gasteiger partial charge < -0.3 is 24.1 Å². The van der Waals surface area contributed by atoms with E-state index in [-0.39, 0.29) is 21.7 Å². The molecule has 2 aromatic carbocycles. The number of carbonyl (C=O) groups is 1. The second-order valence-electron chi connectivity index (χ2n) is 7.93. The molecule has 0 bridgehead atoms. The molecule has 11 nitrogen and oxygen atoms in total. The van der Waals surface area contributed by atoms with E-state index in [1.807, 2.05) is 11.9 Å².